The molecule has 90 valence electrons. The maximum absolute atomic E-state index is 11.0. The number of fused-ring (bicyclic) bond motifs is 1. The zero-order valence-corrected chi connectivity index (χ0v) is 10.1. The van der Waals surface area contributed by atoms with Crippen LogP contribution in [0, 0.1) is 0 Å². The van der Waals surface area contributed by atoms with Crippen molar-refractivity contribution in [3.05, 3.63) is 35.8 Å². The molecule has 4 heteroatoms. The number of imidazole rings is 1. The predicted molar refractivity (Wildman–Crippen MR) is 65.2 cm³/mol. The number of carboxylic acids is 1. The lowest BCUT2D eigenvalue weighted by atomic mass is 10.0. The van der Waals surface area contributed by atoms with E-state index in [1.54, 1.807) is 6.92 Å². The lowest BCUT2D eigenvalue weighted by Crippen LogP contribution is -2.08. The minimum Gasteiger partial charge on any atom is -0.481 e. The Balaban J connectivity index is 2.52. The number of rotatable bonds is 4. The fourth-order valence-corrected chi connectivity index (χ4v) is 1.93. The second-order valence-electron chi connectivity index (χ2n) is 4.24. The molecule has 0 aliphatic carbocycles. The summed E-state index contributed by atoms with van der Waals surface area (Å²) in [4.78, 5) is 15.5. The Bertz CT molecular complexity index is 545. The van der Waals surface area contributed by atoms with Gasteiger partial charge in [-0.25, -0.2) is 4.98 Å². The smallest absolute Gasteiger partial charge is 0.310 e. The third-order valence-corrected chi connectivity index (χ3v) is 2.91. The first-order chi connectivity index (χ1) is 8.13. The molecule has 2 rings (SSSR count). The van der Waals surface area contributed by atoms with Crippen LogP contribution in [-0.2, 0) is 11.2 Å². The van der Waals surface area contributed by atoms with Crippen LogP contribution in [0.4, 0.5) is 0 Å². The van der Waals surface area contributed by atoms with Crippen molar-refractivity contribution in [2.24, 2.45) is 0 Å². The number of pyridine rings is 1. The first kappa shape index (κ1) is 11.6. The highest BCUT2D eigenvalue weighted by atomic mass is 16.4. The molecule has 0 bridgehead atoms. The molecule has 17 heavy (non-hydrogen) atoms. The molecule has 2 aromatic rings. The van der Waals surface area contributed by atoms with Gasteiger partial charge in [0.2, 0.25) is 0 Å². The zero-order chi connectivity index (χ0) is 12.4. The molecule has 1 unspecified atom stereocenters. The largest absolute Gasteiger partial charge is 0.481 e. The van der Waals surface area contributed by atoms with Gasteiger partial charge < -0.3 is 9.51 Å². The van der Waals surface area contributed by atoms with Gasteiger partial charge in [-0.2, -0.15) is 0 Å². The Labute approximate surface area is 99.9 Å². The quantitative estimate of drug-likeness (QED) is 0.881. The Morgan fingerprint density at radius 1 is 1.59 bits per heavy atom. The van der Waals surface area contributed by atoms with Crippen molar-refractivity contribution in [1.82, 2.24) is 9.38 Å². The van der Waals surface area contributed by atoms with Crippen molar-refractivity contribution in [3.63, 3.8) is 0 Å². The van der Waals surface area contributed by atoms with E-state index in [1.807, 2.05) is 28.9 Å². The van der Waals surface area contributed by atoms with Crippen LogP contribution in [0.1, 0.15) is 37.4 Å². The molecule has 0 spiro atoms. The molecule has 0 fully saturated rings. The second-order valence-corrected chi connectivity index (χ2v) is 4.24. The fraction of sp³-hybridized carbons (Fsp3) is 0.385. The molecule has 0 saturated carbocycles. The molecule has 2 heterocycles. The molecular weight excluding hydrogens is 216 g/mol. The van der Waals surface area contributed by atoms with Gasteiger partial charge in [0.25, 0.3) is 0 Å². The molecule has 0 aliphatic heterocycles. The van der Waals surface area contributed by atoms with Crippen molar-refractivity contribution in [1.29, 1.82) is 0 Å². The van der Waals surface area contributed by atoms with Crippen LogP contribution in [0.3, 0.4) is 0 Å². The van der Waals surface area contributed by atoms with Gasteiger partial charge in [-0.15, -0.1) is 0 Å². The van der Waals surface area contributed by atoms with Gasteiger partial charge in [-0.05, 0) is 19.4 Å². The lowest BCUT2D eigenvalue weighted by molar-refractivity contribution is -0.138. The van der Waals surface area contributed by atoms with E-state index in [4.69, 9.17) is 5.11 Å². The maximum Gasteiger partial charge on any atom is 0.310 e. The van der Waals surface area contributed by atoms with E-state index in [0.717, 1.165) is 29.7 Å². The minimum absolute atomic E-state index is 0.532. The highest BCUT2D eigenvalue weighted by molar-refractivity contribution is 5.78. The van der Waals surface area contributed by atoms with E-state index in [1.165, 1.54) is 0 Å². The van der Waals surface area contributed by atoms with Crippen LogP contribution in [0.15, 0.2) is 24.5 Å². The molecular formula is C13H16N2O2. The third kappa shape index (κ3) is 2.16. The Morgan fingerprint density at radius 3 is 3.00 bits per heavy atom. The van der Waals surface area contributed by atoms with E-state index in [-0.39, 0.29) is 0 Å². The Kier molecular flexibility index (Phi) is 3.13. The van der Waals surface area contributed by atoms with Gasteiger partial charge in [-0.3, -0.25) is 4.79 Å². The van der Waals surface area contributed by atoms with Crippen LogP contribution < -0.4 is 0 Å². The van der Waals surface area contributed by atoms with Gasteiger partial charge in [0.05, 0.1) is 11.6 Å². The molecule has 0 saturated heterocycles. The molecule has 4 nitrogen and oxygen atoms in total. The third-order valence-electron chi connectivity index (χ3n) is 2.91. The molecule has 0 radical (unpaired) electrons. The van der Waals surface area contributed by atoms with Crippen LogP contribution in [0.5, 0.6) is 0 Å². The van der Waals surface area contributed by atoms with E-state index in [0.29, 0.717) is 0 Å². The first-order valence-electron chi connectivity index (χ1n) is 5.82. The summed E-state index contributed by atoms with van der Waals surface area (Å²) in [6, 6.07) is 3.69. The Morgan fingerprint density at radius 2 is 2.35 bits per heavy atom. The standard InChI is InChI=1S/C13H16N2O2/c1-3-5-10-8-15-7-4-6-11(12(15)14-10)9(2)13(16)17/h4,6-9H,3,5H2,1-2H3,(H,16,17). The molecule has 2 aromatic heterocycles. The van der Waals surface area contributed by atoms with Crippen molar-refractivity contribution in [3.8, 4) is 0 Å². The van der Waals surface area contributed by atoms with E-state index in [2.05, 4.69) is 11.9 Å². The number of aryl methyl sites for hydroxylation is 1. The summed E-state index contributed by atoms with van der Waals surface area (Å²) in [5.74, 6) is -1.35. The number of aliphatic carboxylic acids is 1. The number of aromatic nitrogens is 2. The topological polar surface area (TPSA) is 54.6 Å². The molecule has 0 aliphatic rings. The summed E-state index contributed by atoms with van der Waals surface area (Å²) in [6.45, 7) is 3.79. The number of hydrogen-bond donors (Lipinski definition) is 1. The average molecular weight is 232 g/mol. The van der Waals surface area contributed by atoms with E-state index in [9.17, 15) is 4.79 Å². The van der Waals surface area contributed by atoms with Crippen LogP contribution in [0.25, 0.3) is 5.65 Å². The molecule has 0 amide bonds. The maximum atomic E-state index is 11.0. The SMILES string of the molecule is CCCc1cn2cccc(C(C)C(=O)O)c2n1. The summed E-state index contributed by atoms with van der Waals surface area (Å²) in [6.07, 6.45) is 5.83. The number of nitrogens with zero attached hydrogens (tertiary/aromatic N) is 2. The highest BCUT2D eigenvalue weighted by Gasteiger charge is 2.18. The minimum atomic E-state index is -0.821. The molecule has 1 N–H and O–H groups in total. The van der Waals surface area contributed by atoms with Gasteiger partial charge in [0.15, 0.2) is 0 Å². The summed E-state index contributed by atoms with van der Waals surface area (Å²) in [7, 11) is 0. The van der Waals surface area contributed by atoms with Gasteiger partial charge in [0.1, 0.15) is 5.65 Å². The van der Waals surface area contributed by atoms with Gasteiger partial charge in [-0.1, -0.05) is 19.4 Å². The summed E-state index contributed by atoms with van der Waals surface area (Å²) >= 11 is 0. The summed E-state index contributed by atoms with van der Waals surface area (Å²) in [5, 5.41) is 9.07. The fourth-order valence-electron chi connectivity index (χ4n) is 1.93. The predicted octanol–water partition coefficient (Wildman–Crippen LogP) is 2.47. The van der Waals surface area contributed by atoms with Crippen LogP contribution >= 0.6 is 0 Å². The van der Waals surface area contributed by atoms with Crippen molar-refractivity contribution < 1.29 is 9.90 Å². The van der Waals surface area contributed by atoms with Crippen molar-refractivity contribution >= 4 is 11.6 Å². The summed E-state index contributed by atoms with van der Waals surface area (Å²) < 4.78 is 1.90. The van der Waals surface area contributed by atoms with E-state index < -0.39 is 11.9 Å². The summed E-state index contributed by atoms with van der Waals surface area (Å²) in [5.41, 5.74) is 2.53. The second kappa shape index (κ2) is 4.57. The van der Waals surface area contributed by atoms with E-state index >= 15 is 0 Å². The van der Waals surface area contributed by atoms with Crippen molar-refractivity contribution in [2.75, 3.05) is 0 Å². The van der Waals surface area contributed by atoms with Gasteiger partial charge in [0, 0.05) is 18.0 Å². The average Bonchev–Trinajstić information content (AvgIpc) is 2.70. The first-order valence-corrected chi connectivity index (χ1v) is 5.82. The van der Waals surface area contributed by atoms with Crippen molar-refractivity contribution in [2.45, 2.75) is 32.6 Å². The van der Waals surface area contributed by atoms with Gasteiger partial charge >= 0.3 is 5.97 Å². The van der Waals surface area contributed by atoms with Crippen LogP contribution in [-0.4, -0.2) is 20.5 Å². The zero-order valence-electron chi connectivity index (χ0n) is 10.1. The number of hydrogen-bond acceptors (Lipinski definition) is 2. The highest BCUT2D eigenvalue weighted by Crippen LogP contribution is 2.21. The number of carboxylic acid groups (broad SMARTS) is 1. The monoisotopic (exact) mass is 232 g/mol. The lowest BCUT2D eigenvalue weighted by Gasteiger charge is -2.07. The van der Waals surface area contributed by atoms with Crippen LogP contribution in [0.2, 0.25) is 0 Å². The number of carbonyl (C=O) groups is 1. The Hall–Kier alpha value is -1.84. The molecule has 1 atom stereocenters. The molecule has 0 aromatic carbocycles. The normalized spacial score (nSPS) is 12.8.